The maximum atomic E-state index is 13.1. The highest BCUT2D eigenvalue weighted by Gasteiger charge is 2.49. The molecule has 2 rings (SSSR count). The van der Waals surface area contributed by atoms with Crippen LogP contribution in [0.2, 0.25) is 0 Å². The van der Waals surface area contributed by atoms with Gasteiger partial charge in [-0.25, -0.2) is 8.42 Å². The van der Waals surface area contributed by atoms with Gasteiger partial charge in [-0.1, -0.05) is 27.2 Å². The Morgan fingerprint density at radius 2 is 1.95 bits per heavy atom. The predicted octanol–water partition coefficient (Wildman–Crippen LogP) is 2.53. The summed E-state index contributed by atoms with van der Waals surface area (Å²) in [6.07, 6.45) is 4.41. The fourth-order valence-corrected chi connectivity index (χ4v) is 6.84. The first-order valence-electron chi connectivity index (χ1n) is 8.38. The molecular formula is C16H31NO3S. The van der Waals surface area contributed by atoms with Gasteiger partial charge in [-0.15, -0.1) is 0 Å². The molecule has 0 aromatic carbocycles. The van der Waals surface area contributed by atoms with Gasteiger partial charge >= 0.3 is 0 Å². The van der Waals surface area contributed by atoms with E-state index >= 15 is 0 Å². The van der Waals surface area contributed by atoms with Gasteiger partial charge in [-0.2, -0.15) is 0 Å². The zero-order valence-electron chi connectivity index (χ0n) is 13.9. The summed E-state index contributed by atoms with van der Waals surface area (Å²) in [6, 6.07) is 0.0593. The molecule has 1 saturated carbocycles. The van der Waals surface area contributed by atoms with Gasteiger partial charge in [0.2, 0.25) is 0 Å². The lowest BCUT2D eigenvalue weighted by Crippen LogP contribution is -2.57. The van der Waals surface area contributed by atoms with E-state index in [0.29, 0.717) is 13.0 Å². The average Bonchev–Trinajstić information content (AvgIpc) is 2.83. The number of ether oxygens (including phenoxy) is 1. The van der Waals surface area contributed by atoms with Crippen molar-refractivity contribution in [2.24, 2.45) is 5.41 Å². The fraction of sp³-hybridized carbons (Fsp3) is 1.00. The fourth-order valence-electron chi connectivity index (χ4n) is 4.01. The van der Waals surface area contributed by atoms with Gasteiger partial charge in [0.25, 0.3) is 0 Å². The molecule has 0 amide bonds. The molecule has 4 nitrogen and oxygen atoms in total. The molecule has 1 N–H and O–H groups in total. The number of rotatable bonds is 5. The van der Waals surface area contributed by atoms with E-state index in [4.69, 9.17) is 4.74 Å². The summed E-state index contributed by atoms with van der Waals surface area (Å²) >= 11 is 0. The van der Waals surface area contributed by atoms with E-state index in [2.05, 4.69) is 26.1 Å². The van der Waals surface area contributed by atoms with Gasteiger partial charge in [0, 0.05) is 12.6 Å². The Hall–Kier alpha value is -0.130. The Morgan fingerprint density at radius 1 is 1.24 bits per heavy atom. The van der Waals surface area contributed by atoms with Gasteiger partial charge in [0.1, 0.15) is 0 Å². The molecule has 0 radical (unpaired) electrons. The van der Waals surface area contributed by atoms with Crippen LogP contribution in [0.3, 0.4) is 0 Å². The normalized spacial score (nSPS) is 36.8. The second-order valence-corrected chi connectivity index (χ2v) is 9.73. The largest absolute Gasteiger partial charge is 0.377 e. The van der Waals surface area contributed by atoms with Crippen molar-refractivity contribution in [3.8, 4) is 0 Å². The average molecular weight is 317 g/mol. The Kier molecular flexibility index (Phi) is 5.37. The highest BCUT2D eigenvalue weighted by molar-refractivity contribution is 7.92. The van der Waals surface area contributed by atoms with Crippen LogP contribution >= 0.6 is 0 Å². The lowest BCUT2D eigenvalue weighted by molar-refractivity contribution is 0.125. The van der Waals surface area contributed by atoms with Crippen molar-refractivity contribution in [3.05, 3.63) is 0 Å². The van der Waals surface area contributed by atoms with E-state index in [1.54, 1.807) is 0 Å². The first-order chi connectivity index (χ1) is 9.80. The molecule has 4 unspecified atom stereocenters. The maximum Gasteiger partial charge on any atom is 0.160 e. The number of hydrogen-bond donors (Lipinski definition) is 1. The molecular weight excluding hydrogens is 286 g/mol. The molecule has 5 heteroatoms. The Morgan fingerprint density at radius 3 is 2.52 bits per heavy atom. The number of nitrogens with one attached hydrogen (secondary N) is 1. The van der Waals surface area contributed by atoms with E-state index in [-0.39, 0.29) is 28.1 Å². The molecule has 4 atom stereocenters. The van der Waals surface area contributed by atoms with E-state index in [9.17, 15) is 8.42 Å². The van der Waals surface area contributed by atoms with Gasteiger partial charge in [0.05, 0.1) is 16.6 Å². The lowest BCUT2D eigenvalue weighted by atomic mass is 9.73. The zero-order valence-corrected chi connectivity index (χ0v) is 14.7. The first-order valence-corrected chi connectivity index (χ1v) is 9.99. The van der Waals surface area contributed by atoms with Gasteiger partial charge < -0.3 is 10.1 Å². The van der Waals surface area contributed by atoms with Crippen molar-refractivity contribution >= 4 is 9.84 Å². The van der Waals surface area contributed by atoms with Crippen molar-refractivity contribution in [1.29, 1.82) is 0 Å². The number of hydrogen-bond acceptors (Lipinski definition) is 4. The van der Waals surface area contributed by atoms with Crippen molar-refractivity contribution in [3.63, 3.8) is 0 Å². The van der Waals surface area contributed by atoms with Crippen LogP contribution in [0.1, 0.15) is 59.8 Å². The molecule has 0 bridgehead atoms. The van der Waals surface area contributed by atoms with E-state index in [0.717, 1.165) is 32.2 Å². The van der Waals surface area contributed by atoms with Gasteiger partial charge in [0.15, 0.2) is 9.84 Å². The third-order valence-corrected chi connectivity index (χ3v) is 8.10. The van der Waals surface area contributed by atoms with Crippen LogP contribution < -0.4 is 5.32 Å². The topological polar surface area (TPSA) is 55.4 Å². The summed E-state index contributed by atoms with van der Waals surface area (Å²) in [5, 5.41) is 2.96. The van der Waals surface area contributed by atoms with Gasteiger partial charge in [-0.3, -0.25) is 0 Å². The molecule has 2 fully saturated rings. The minimum atomic E-state index is -3.15. The Labute approximate surface area is 129 Å². The van der Waals surface area contributed by atoms with Crippen molar-refractivity contribution < 1.29 is 13.2 Å². The quantitative estimate of drug-likeness (QED) is 0.846. The zero-order chi connectivity index (χ0) is 15.7. The molecule has 0 aromatic heterocycles. The van der Waals surface area contributed by atoms with E-state index in [1.807, 2.05) is 6.92 Å². The van der Waals surface area contributed by atoms with Crippen LogP contribution in [-0.2, 0) is 14.6 Å². The predicted molar refractivity (Wildman–Crippen MR) is 86.2 cm³/mol. The Bertz CT molecular complexity index is 446. The molecule has 0 aromatic rings. The third kappa shape index (κ3) is 3.45. The summed E-state index contributed by atoms with van der Waals surface area (Å²) in [7, 11) is -3.15. The van der Waals surface area contributed by atoms with Crippen molar-refractivity contribution in [1.82, 2.24) is 5.32 Å². The lowest BCUT2D eigenvalue weighted by Gasteiger charge is -2.45. The van der Waals surface area contributed by atoms with E-state index < -0.39 is 9.84 Å². The standard InChI is InChI=1S/C16H31NO3S/c1-5-10-17-15-14(7-6-9-16(15,3)4)21(18,19)13-8-11-20-12(13)2/h12-15,17H,5-11H2,1-4H3. The molecule has 0 spiro atoms. The summed E-state index contributed by atoms with van der Waals surface area (Å²) in [5.74, 6) is 0. The summed E-state index contributed by atoms with van der Waals surface area (Å²) in [4.78, 5) is 0. The minimum absolute atomic E-state index is 0.0356. The number of sulfone groups is 1. The second-order valence-electron chi connectivity index (χ2n) is 7.34. The van der Waals surface area contributed by atoms with Crippen LogP contribution in [0.4, 0.5) is 0 Å². The summed E-state index contributed by atoms with van der Waals surface area (Å²) < 4.78 is 31.8. The van der Waals surface area contributed by atoms with E-state index in [1.165, 1.54) is 0 Å². The second kappa shape index (κ2) is 6.55. The summed E-state index contributed by atoms with van der Waals surface area (Å²) in [5.41, 5.74) is 0.0356. The van der Waals surface area contributed by atoms with Crippen LogP contribution in [0.5, 0.6) is 0 Å². The van der Waals surface area contributed by atoms with Crippen LogP contribution in [0.15, 0.2) is 0 Å². The molecule has 1 aliphatic carbocycles. The molecule has 1 heterocycles. The smallest absolute Gasteiger partial charge is 0.160 e. The third-order valence-electron chi connectivity index (χ3n) is 5.29. The highest BCUT2D eigenvalue weighted by Crippen LogP contribution is 2.41. The van der Waals surface area contributed by atoms with Crippen LogP contribution in [0.25, 0.3) is 0 Å². The SMILES string of the molecule is CCCNC1C(S(=O)(=O)C2CCOC2C)CCCC1(C)C. The highest BCUT2D eigenvalue weighted by atomic mass is 32.2. The molecule has 21 heavy (non-hydrogen) atoms. The van der Waals surface area contributed by atoms with Crippen molar-refractivity contribution in [2.75, 3.05) is 13.2 Å². The first kappa shape index (κ1) is 17.2. The summed E-state index contributed by atoms with van der Waals surface area (Å²) in [6.45, 7) is 9.90. The monoisotopic (exact) mass is 317 g/mol. The Balaban J connectivity index is 2.25. The van der Waals surface area contributed by atoms with Crippen molar-refractivity contribution in [2.45, 2.75) is 82.4 Å². The molecule has 1 saturated heterocycles. The molecule has 1 aliphatic heterocycles. The minimum Gasteiger partial charge on any atom is -0.377 e. The van der Waals surface area contributed by atoms with Gasteiger partial charge in [-0.05, 0) is 44.6 Å². The maximum absolute atomic E-state index is 13.1. The van der Waals surface area contributed by atoms with Crippen LogP contribution in [0, 0.1) is 5.41 Å². The van der Waals surface area contributed by atoms with Crippen LogP contribution in [-0.4, -0.2) is 44.2 Å². The molecule has 124 valence electrons. The molecule has 2 aliphatic rings.